The van der Waals surface area contributed by atoms with Crippen LogP contribution in [0.25, 0.3) is 11.0 Å². The van der Waals surface area contributed by atoms with Gasteiger partial charge in [-0.1, -0.05) is 32.4 Å². The van der Waals surface area contributed by atoms with Crippen molar-refractivity contribution in [2.45, 2.75) is 120 Å². The van der Waals surface area contributed by atoms with Gasteiger partial charge in [-0.25, -0.2) is 23.2 Å². The molecule has 3 N–H and O–H groups in total. The Bertz CT molecular complexity index is 2080. The van der Waals surface area contributed by atoms with E-state index >= 15 is 0 Å². The first-order valence-corrected chi connectivity index (χ1v) is 20.5. The Morgan fingerprint density at radius 2 is 1.81 bits per heavy atom. The van der Waals surface area contributed by atoms with E-state index in [-0.39, 0.29) is 42.5 Å². The summed E-state index contributed by atoms with van der Waals surface area (Å²) in [6.07, 6.45) is -1.58. The van der Waals surface area contributed by atoms with Crippen molar-refractivity contribution in [3.8, 4) is 11.6 Å². The summed E-state index contributed by atoms with van der Waals surface area (Å²) < 4.78 is 82.7. The molecule has 15 nitrogen and oxygen atoms in total. The summed E-state index contributed by atoms with van der Waals surface area (Å²) in [7, 11) is -2.64. The van der Waals surface area contributed by atoms with Crippen LogP contribution in [0.5, 0.6) is 11.6 Å². The first-order chi connectivity index (χ1) is 26.5. The van der Waals surface area contributed by atoms with Gasteiger partial charge in [0.05, 0.1) is 35.6 Å². The molecular weight excluding hydrogens is 774 g/mol. The molecule has 1 aromatic heterocycles. The molecule has 1 saturated heterocycles. The Morgan fingerprint density at radius 3 is 2.44 bits per heavy atom. The van der Waals surface area contributed by atoms with Crippen LogP contribution in [-0.4, -0.2) is 111 Å². The Balaban J connectivity index is 1.40. The number of fused-ring (bicyclic) bond motifs is 3. The molecule has 4 amide bonds. The van der Waals surface area contributed by atoms with Crippen LogP contribution in [0.4, 0.5) is 18.0 Å². The van der Waals surface area contributed by atoms with Crippen molar-refractivity contribution in [3.05, 3.63) is 36.5 Å². The van der Waals surface area contributed by atoms with Gasteiger partial charge in [0.15, 0.2) is 0 Å². The molecule has 6 rings (SSSR count). The van der Waals surface area contributed by atoms with Gasteiger partial charge in [0.2, 0.25) is 27.7 Å². The number of aromatic nitrogens is 2. The third kappa shape index (κ3) is 8.08. The van der Waals surface area contributed by atoms with E-state index in [1.54, 1.807) is 24.3 Å². The van der Waals surface area contributed by atoms with Crippen molar-refractivity contribution >= 4 is 44.9 Å². The number of methoxy groups -OCH3 is 1. The molecule has 0 spiro atoms. The van der Waals surface area contributed by atoms with E-state index in [1.807, 2.05) is 13.0 Å². The van der Waals surface area contributed by atoms with Crippen molar-refractivity contribution in [2.75, 3.05) is 13.7 Å². The standard InChI is InChI=1S/C38H49F3N6O9S/c1-21-8-7-9-22(2)30(47(34(51)52)35(3,4)38(39,40)41)32(49)46-20-25(56-29-19-42-26-13-12-24(55-6)16-27(26)43-29)17-28(46)31(48)44-37(18-23(37)11-10-21)33(50)45-57(53,54)36(5)14-15-36/h10-13,16,19,21-23,25,28,30H,7-9,14-15,17-18,20H2,1-6H3,(H,44,48)(H,45,50)(H,51,52)/t21-,22+,23+,25+,28-,30-,37+/m0/s1. The highest BCUT2D eigenvalue weighted by molar-refractivity contribution is 7.91. The maximum absolute atomic E-state index is 14.9. The highest BCUT2D eigenvalue weighted by Crippen LogP contribution is 2.48. The minimum atomic E-state index is -5.09. The molecule has 57 heavy (non-hydrogen) atoms. The van der Waals surface area contributed by atoms with Gasteiger partial charge in [-0.3, -0.25) is 24.0 Å². The Kier molecular flexibility index (Phi) is 11.0. The molecule has 312 valence electrons. The fourth-order valence-electron chi connectivity index (χ4n) is 7.73. The molecule has 2 aromatic rings. The van der Waals surface area contributed by atoms with Gasteiger partial charge in [-0.2, -0.15) is 13.2 Å². The maximum atomic E-state index is 14.9. The first-order valence-electron chi connectivity index (χ1n) is 19.0. The van der Waals surface area contributed by atoms with Crippen LogP contribution in [0, 0.1) is 17.8 Å². The molecule has 2 aliphatic carbocycles. The Morgan fingerprint density at radius 1 is 1.11 bits per heavy atom. The average Bonchev–Trinajstić information content (AvgIpc) is 4.01. The lowest BCUT2D eigenvalue weighted by Gasteiger charge is -2.45. The van der Waals surface area contributed by atoms with E-state index in [9.17, 15) is 45.9 Å². The quantitative estimate of drug-likeness (QED) is 0.316. The summed E-state index contributed by atoms with van der Waals surface area (Å²) in [5, 5.41) is 13.1. The number of sulfonamides is 1. The molecule has 3 heterocycles. The second kappa shape index (κ2) is 14.9. The highest BCUT2D eigenvalue weighted by Gasteiger charge is 2.64. The summed E-state index contributed by atoms with van der Waals surface area (Å²) in [6, 6.07) is 1.62. The SMILES string of the molecule is COc1ccc2ncc(O[C@@H]3C[C@H]4C(=O)N[C@]5(C(=O)NS(=O)(=O)C6(C)CC6)C[C@H]5C=C[C@@H](C)CCC[C@@H](C)[C@H](N(C(=O)O)C(C)(C)C(F)(F)F)C(=O)N4C3)nc2c1. The van der Waals surface area contributed by atoms with Crippen LogP contribution in [0.15, 0.2) is 36.5 Å². The van der Waals surface area contributed by atoms with Gasteiger partial charge in [0.1, 0.15) is 35.0 Å². The fraction of sp³-hybridized carbons (Fsp3) is 0.632. The number of nitrogens with zero attached hydrogens (tertiary/aromatic N) is 4. The van der Waals surface area contributed by atoms with Crippen LogP contribution >= 0.6 is 0 Å². The number of carbonyl (C=O) groups is 4. The number of benzene rings is 1. The van der Waals surface area contributed by atoms with Gasteiger partial charge in [0.25, 0.3) is 5.91 Å². The summed E-state index contributed by atoms with van der Waals surface area (Å²) in [4.78, 5) is 66.1. The molecule has 2 aliphatic heterocycles. The molecule has 4 aliphatic rings. The van der Waals surface area contributed by atoms with Gasteiger partial charge in [0, 0.05) is 18.4 Å². The van der Waals surface area contributed by atoms with Crippen molar-refractivity contribution in [1.29, 1.82) is 0 Å². The number of ether oxygens (including phenoxy) is 2. The number of alkyl halides is 3. The van der Waals surface area contributed by atoms with Crippen LogP contribution in [0.3, 0.4) is 0 Å². The minimum absolute atomic E-state index is 0.00257. The first kappa shape index (κ1) is 41.9. The Hall–Kier alpha value is -4.68. The number of carboxylic acid groups (broad SMARTS) is 1. The minimum Gasteiger partial charge on any atom is -0.497 e. The normalized spacial score (nSPS) is 29.2. The number of allylic oxidation sites excluding steroid dienone is 1. The third-order valence-corrected chi connectivity index (χ3v) is 14.2. The van der Waals surface area contributed by atoms with Crippen LogP contribution in [-0.2, 0) is 24.4 Å². The molecule has 19 heteroatoms. The number of hydrogen-bond donors (Lipinski definition) is 3. The van der Waals surface area contributed by atoms with E-state index in [0.29, 0.717) is 56.3 Å². The lowest BCUT2D eigenvalue weighted by Crippen LogP contribution is -2.66. The van der Waals surface area contributed by atoms with Crippen molar-refractivity contribution in [3.63, 3.8) is 0 Å². The van der Waals surface area contributed by atoms with E-state index in [4.69, 9.17) is 9.47 Å². The molecule has 7 atom stereocenters. The monoisotopic (exact) mass is 822 g/mol. The molecule has 1 aromatic carbocycles. The van der Waals surface area contributed by atoms with E-state index in [0.717, 1.165) is 4.90 Å². The Labute approximate surface area is 328 Å². The summed E-state index contributed by atoms with van der Waals surface area (Å²) in [6.45, 7) is 5.90. The van der Waals surface area contributed by atoms with E-state index in [1.165, 1.54) is 27.2 Å². The van der Waals surface area contributed by atoms with Crippen LogP contribution in [0.1, 0.15) is 79.6 Å². The zero-order valence-electron chi connectivity index (χ0n) is 32.6. The molecular formula is C38H49F3N6O9S. The third-order valence-electron chi connectivity index (χ3n) is 12.0. The molecule has 3 fully saturated rings. The lowest BCUT2D eigenvalue weighted by atomic mass is 9.88. The molecule has 0 bridgehead atoms. The zero-order valence-corrected chi connectivity index (χ0v) is 33.4. The van der Waals surface area contributed by atoms with E-state index < -0.39 is 85.9 Å². The van der Waals surface area contributed by atoms with Crippen molar-refractivity contribution < 1.29 is 55.3 Å². The summed E-state index contributed by atoms with van der Waals surface area (Å²) in [5.41, 5.74) is -3.84. The van der Waals surface area contributed by atoms with Crippen LogP contribution in [0.2, 0.25) is 0 Å². The zero-order chi connectivity index (χ0) is 41.9. The molecule has 0 radical (unpaired) electrons. The second-order valence-electron chi connectivity index (χ2n) is 16.6. The highest BCUT2D eigenvalue weighted by atomic mass is 32.2. The largest absolute Gasteiger partial charge is 0.497 e. The molecule has 0 unspecified atom stereocenters. The smallest absolute Gasteiger partial charge is 0.411 e. The number of rotatable bonds is 8. The number of amides is 4. The predicted molar refractivity (Wildman–Crippen MR) is 199 cm³/mol. The second-order valence-corrected chi connectivity index (χ2v) is 18.8. The van der Waals surface area contributed by atoms with Gasteiger partial charge in [-0.15, -0.1) is 0 Å². The van der Waals surface area contributed by atoms with E-state index in [2.05, 4.69) is 20.0 Å². The maximum Gasteiger partial charge on any atom is 0.411 e. The van der Waals surface area contributed by atoms with Crippen molar-refractivity contribution in [2.24, 2.45) is 17.8 Å². The number of hydrogen-bond acceptors (Lipinski definition) is 10. The molecule has 2 saturated carbocycles. The van der Waals surface area contributed by atoms with Gasteiger partial charge in [-0.05, 0) is 76.8 Å². The number of carbonyl (C=O) groups excluding carboxylic acids is 3. The topological polar surface area (TPSA) is 197 Å². The summed E-state index contributed by atoms with van der Waals surface area (Å²) in [5.74, 6) is -4.08. The average molecular weight is 823 g/mol. The van der Waals surface area contributed by atoms with Gasteiger partial charge >= 0.3 is 12.3 Å². The van der Waals surface area contributed by atoms with Gasteiger partial charge < -0.3 is 24.8 Å². The van der Waals surface area contributed by atoms with Crippen LogP contribution < -0.4 is 19.5 Å². The fourth-order valence-corrected chi connectivity index (χ4v) is 9.04. The summed E-state index contributed by atoms with van der Waals surface area (Å²) >= 11 is 0. The number of nitrogens with one attached hydrogen (secondary N) is 2. The van der Waals surface area contributed by atoms with Crippen molar-refractivity contribution in [1.82, 2.24) is 29.8 Å². The lowest BCUT2D eigenvalue weighted by molar-refractivity contribution is -0.222. The number of halogens is 3. The predicted octanol–water partition coefficient (Wildman–Crippen LogP) is 4.56.